The van der Waals surface area contributed by atoms with Gasteiger partial charge in [-0.1, -0.05) is 23.7 Å². The van der Waals surface area contributed by atoms with E-state index in [1.54, 1.807) is 12.1 Å². The van der Waals surface area contributed by atoms with Gasteiger partial charge in [0.05, 0.1) is 17.7 Å². The lowest BCUT2D eigenvalue weighted by molar-refractivity contribution is 0.110. The van der Waals surface area contributed by atoms with Gasteiger partial charge in [0.25, 0.3) is 0 Å². The Hall–Kier alpha value is -1.82. The second kappa shape index (κ2) is 9.93. The number of hydrogen-bond donors (Lipinski definition) is 1. The molecule has 0 aromatic heterocycles. The molecular weight excluding hydrogens is 369 g/mol. The molecule has 2 aromatic carbocycles. The minimum absolute atomic E-state index is 0.272. The molecule has 4 nitrogen and oxygen atoms in total. The van der Waals surface area contributed by atoms with Gasteiger partial charge in [-0.2, -0.15) is 0 Å². The van der Waals surface area contributed by atoms with Gasteiger partial charge in [0, 0.05) is 19.7 Å². The maximum Gasteiger partial charge on any atom is 0.180 e. The van der Waals surface area contributed by atoms with E-state index in [2.05, 4.69) is 5.32 Å². The van der Waals surface area contributed by atoms with Crippen LogP contribution < -0.4 is 14.8 Å². The Morgan fingerprint density at radius 3 is 2.70 bits per heavy atom. The van der Waals surface area contributed by atoms with E-state index in [1.165, 1.54) is 12.1 Å². The zero-order chi connectivity index (χ0) is 19.1. The highest BCUT2D eigenvalue weighted by atomic mass is 35.5. The molecule has 1 aliphatic rings. The van der Waals surface area contributed by atoms with E-state index in [4.69, 9.17) is 25.8 Å². The van der Waals surface area contributed by atoms with Gasteiger partial charge >= 0.3 is 0 Å². The highest BCUT2D eigenvalue weighted by Gasteiger charge is 2.16. The molecule has 0 aliphatic carbocycles. The SMILES string of the molecule is CCOc1cc(CNC[C@@H]2CCCO2)cc(Cl)c1OCc1ccc(F)cc1. The molecule has 146 valence electrons. The average molecular weight is 394 g/mol. The van der Waals surface area contributed by atoms with Crippen molar-refractivity contribution in [3.8, 4) is 11.5 Å². The number of ether oxygens (including phenoxy) is 3. The van der Waals surface area contributed by atoms with Crippen LogP contribution in [0, 0.1) is 5.82 Å². The fourth-order valence-corrected chi connectivity index (χ4v) is 3.33. The number of nitrogens with one attached hydrogen (secondary N) is 1. The maximum absolute atomic E-state index is 13.0. The molecule has 0 spiro atoms. The Kier molecular flexibility index (Phi) is 7.33. The monoisotopic (exact) mass is 393 g/mol. The lowest BCUT2D eigenvalue weighted by Crippen LogP contribution is -2.25. The van der Waals surface area contributed by atoms with Crippen molar-refractivity contribution in [1.29, 1.82) is 0 Å². The lowest BCUT2D eigenvalue weighted by Gasteiger charge is -2.16. The van der Waals surface area contributed by atoms with Gasteiger partial charge in [-0.3, -0.25) is 0 Å². The number of benzene rings is 2. The molecule has 1 heterocycles. The summed E-state index contributed by atoms with van der Waals surface area (Å²) in [6, 6.07) is 10.0. The summed E-state index contributed by atoms with van der Waals surface area (Å²) >= 11 is 6.45. The van der Waals surface area contributed by atoms with Crippen molar-refractivity contribution in [3.05, 3.63) is 58.4 Å². The van der Waals surface area contributed by atoms with Crippen LogP contribution >= 0.6 is 11.6 Å². The van der Waals surface area contributed by atoms with Crippen LogP contribution in [0.4, 0.5) is 4.39 Å². The van der Waals surface area contributed by atoms with E-state index < -0.39 is 0 Å². The van der Waals surface area contributed by atoms with Gasteiger partial charge in [-0.25, -0.2) is 4.39 Å². The molecule has 0 unspecified atom stereocenters. The van der Waals surface area contributed by atoms with Gasteiger partial charge in [-0.15, -0.1) is 0 Å². The van der Waals surface area contributed by atoms with Crippen molar-refractivity contribution in [3.63, 3.8) is 0 Å². The van der Waals surface area contributed by atoms with Crippen LogP contribution in [0.2, 0.25) is 5.02 Å². The number of hydrogen-bond acceptors (Lipinski definition) is 4. The van der Waals surface area contributed by atoms with Crippen molar-refractivity contribution in [1.82, 2.24) is 5.32 Å². The van der Waals surface area contributed by atoms with Crippen LogP contribution in [-0.2, 0) is 17.9 Å². The molecule has 0 saturated carbocycles. The van der Waals surface area contributed by atoms with Crippen molar-refractivity contribution >= 4 is 11.6 Å². The van der Waals surface area contributed by atoms with Crippen molar-refractivity contribution < 1.29 is 18.6 Å². The Morgan fingerprint density at radius 2 is 2.00 bits per heavy atom. The van der Waals surface area contributed by atoms with E-state index >= 15 is 0 Å². The molecule has 1 N–H and O–H groups in total. The summed E-state index contributed by atoms with van der Waals surface area (Å²) in [7, 11) is 0. The summed E-state index contributed by atoms with van der Waals surface area (Å²) in [4.78, 5) is 0. The smallest absolute Gasteiger partial charge is 0.180 e. The van der Waals surface area contributed by atoms with Crippen LogP contribution in [0.15, 0.2) is 36.4 Å². The van der Waals surface area contributed by atoms with E-state index in [0.29, 0.717) is 35.8 Å². The number of halogens is 2. The number of rotatable bonds is 9. The summed E-state index contributed by atoms with van der Waals surface area (Å²) in [5.41, 5.74) is 1.88. The molecule has 6 heteroatoms. The molecule has 27 heavy (non-hydrogen) atoms. The van der Waals surface area contributed by atoms with Gasteiger partial charge in [0.2, 0.25) is 0 Å². The predicted molar refractivity (Wildman–Crippen MR) is 104 cm³/mol. The molecule has 0 bridgehead atoms. The zero-order valence-electron chi connectivity index (χ0n) is 15.5. The standard InChI is InChI=1S/C21H25ClFNO3/c1-2-25-20-11-16(12-24-13-18-4-3-9-26-18)10-19(22)21(20)27-14-15-5-7-17(23)8-6-15/h5-8,10-11,18,24H,2-4,9,12-14H2,1H3/t18-/m0/s1. The molecule has 1 fully saturated rings. The second-order valence-corrected chi connectivity index (χ2v) is 6.93. The van der Waals surface area contributed by atoms with Gasteiger partial charge < -0.3 is 19.5 Å². The highest BCUT2D eigenvalue weighted by Crippen LogP contribution is 2.37. The third-order valence-electron chi connectivity index (χ3n) is 4.39. The molecule has 2 aromatic rings. The van der Waals surface area contributed by atoms with Gasteiger partial charge in [-0.05, 0) is 55.2 Å². The van der Waals surface area contributed by atoms with E-state index in [1.807, 2.05) is 19.1 Å². The Balaban J connectivity index is 1.64. The summed E-state index contributed by atoms with van der Waals surface area (Å²) in [6.45, 7) is 5.07. The summed E-state index contributed by atoms with van der Waals surface area (Å²) < 4.78 is 30.2. The fraction of sp³-hybridized carbons (Fsp3) is 0.429. The normalized spacial score (nSPS) is 16.5. The van der Waals surface area contributed by atoms with Crippen LogP contribution in [0.1, 0.15) is 30.9 Å². The van der Waals surface area contributed by atoms with Gasteiger partial charge in [0.15, 0.2) is 11.5 Å². The Morgan fingerprint density at radius 1 is 1.19 bits per heavy atom. The molecule has 3 rings (SSSR count). The first-order valence-electron chi connectivity index (χ1n) is 9.30. The zero-order valence-corrected chi connectivity index (χ0v) is 16.2. The van der Waals surface area contributed by atoms with Gasteiger partial charge in [0.1, 0.15) is 12.4 Å². The second-order valence-electron chi connectivity index (χ2n) is 6.52. The molecule has 0 amide bonds. The van der Waals surface area contributed by atoms with E-state index in [-0.39, 0.29) is 12.4 Å². The van der Waals surface area contributed by atoms with Crippen molar-refractivity contribution in [2.24, 2.45) is 0 Å². The third kappa shape index (κ3) is 5.83. The predicted octanol–water partition coefficient (Wildman–Crippen LogP) is 4.73. The third-order valence-corrected chi connectivity index (χ3v) is 4.67. The first kappa shape index (κ1) is 19.9. The van der Waals surface area contributed by atoms with Crippen LogP contribution in [-0.4, -0.2) is 25.9 Å². The van der Waals surface area contributed by atoms with Crippen LogP contribution in [0.25, 0.3) is 0 Å². The largest absolute Gasteiger partial charge is 0.490 e. The lowest BCUT2D eigenvalue weighted by atomic mass is 10.2. The Bertz CT molecular complexity index is 733. The van der Waals surface area contributed by atoms with Crippen LogP contribution in [0.3, 0.4) is 0 Å². The molecule has 1 saturated heterocycles. The van der Waals surface area contributed by atoms with Crippen molar-refractivity contribution in [2.75, 3.05) is 19.8 Å². The minimum atomic E-state index is -0.272. The fourth-order valence-electron chi connectivity index (χ4n) is 3.05. The van der Waals surface area contributed by atoms with E-state index in [0.717, 1.165) is 37.1 Å². The van der Waals surface area contributed by atoms with E-state index in [9.17, 15) is 4.39 Å². The topological polar surface area (TPSA) is 39.7 Å². The molecule has 1 atom stereocenters. The molecule has 1 aliphatic heterocycles. The van der Waals surface area contributed by atoms with Crippen molar-refractivity contribution in [2.45, 2.75) is 39.0 Å². The minimum Gasteiger partial charge on any atom is -0.490 e. The summed E-state index contributed by atoms with van der Waals surface area (Å²) in [5.74, 6) is 0.846. The molecular formula is C21H25ClFNO3. The maximum atomic E-state index is 13.0. The molecule has 0 radical (unpaired) electrons. The summed E-state index contributed by atoms with van der Waals surface area (Å²) in [6.07, 6.45) is 2.53. The summed E-state index contributed by atoms with van der Waals surface area (Å²) in [5, 5.41) is 3.90. The van der Waals surface area contributed by atoms with Crippen LogP contribution in [0.5, 0.6) is 11.5 Å². The quantitative estimate of drug-likeness (QED) is 0.668. The first-order valence-corrected chi connectivity index (χ1v) is 9.68. The average Bonchev–Trinajstić information content (AvgIpc) is 3.16. The Labute approximate surface area is 164 Å². The first-order chi connectivity index (χ1) is 13.2. The highest BCUT2D eigenvalue weighted by molar-refractivity contribution is 6.32.